The van der Waals surface area contributed by atoms with Crippen LogP contribution in [0.2, 0.25) is 0 Å². The summed E-state index contributed by atoms with van der Waals surface area (Å²) in [5.74, 6) is 0.920. The van der Waals surface area contributed by atoms with Crippen LogP contribution in [0.15, 0.2) is 60.8 Å². The number of anilines is 1. The molecule has 2 N–H and O–H groups in total. The highest BCUT2D eigenvalue weighted by atomic mass is 16.5. The molecular formula is C23H36N2O2. The number of benzene rings is 1. The molecule has 1 aliphatic rings. The van der Waals surface area contributed by atoms with Gasteiger partial charge in [0.05, 0.1) is 19.4 Å². The van der Waals surface area contributed by atoms with Crippen LogP contribution in [0.3, 0.4) is 0 Å². The first-order valence-corrected chi connectivity index (χ1v) is 9.98. The van der Waals surface area contributed by atoms with Gasteiger partial charge in [-0.05, 0) is 37.5 Å². The van der Waals surface area contributed by atoms with Gasteiger partial charge < -0.3 is 20.1 Å². The van der Waals surface area contributed by atoms with Crippen LogP contribution in [0.5, 0.6) is 5.75 Å². The molecule has 0 aliphatic carbocycles. The van der Waals surface area contributed by atoms with Crippen molar-refractivity contribution in [2.24, 2.45) is 0 Å². The highest BCUT2D eigenvalue weighted by Gasteiger charge is 1.98. The first-order chi connectivity index (χ1) is 13.3. The molecule has 0 spiro atoms. The molecule has 0 bridgehead atoms. The van der Waals surface area contributed by atoms with E-state index in [9.17, 15) is 0 Å². The fourth-order valence-electron chi connectivity index (χ4n) is 2.48. The van der Waals surface area contributed by atoms with Gasteiger partial charge in [-0.15, -0.1) is 0 Å². The highest BCUT2D eigenvalue weighted by molar-refractivity contribution is 5.55. The SMILES string of the molecule is C=C1/C=C\C=C/CCCOCCN1.CCCCCNc1ccccc1OC. The van der Waals surface area contributed by atoms with E-state index in [2.05, 4.69) is 36.3 Å². The average molecular weight is 373 g/mol. The maximum atomic E-state index is 5.39. The van der Waals surface area contributed by atoms with E-state index in [4.69, 9.17) is 9.47 Å². The summed E-state index contributed by atoms with van der Waals surface area (Å²) in [7, 11) is 1.70. The van der Waals surface area contributed by atoms with Gasteiger partial charge in [0.1, 0.15) is 5.75 Å². The molecular weight excluding hydrogens is 336 g/mol. The van der Waals surface area contributed by atoms with Crippen LogP contribution in [0.25, 0.3) is 0 Å². The maximum Gasteiger partial charge on any atom is 0.141 e. The molecule has 0 saturated carbocycles. The molecule has 1 heterocycles. The zero-order valence-corrected chi connectivity index (χ0v) is 17.0. The monoisotopic (exact) mass is 372 g/mol. The molecule has 0 aromatic heterocycles. The van der Waals surface area contributed by atoms with E-state index < -0.39 is 0 Å². The summed E-state index contributed by atoms with van der Waals surface area (Å²) in [5, 5.41) is 6.53. The summed E-state index contributed by atoms with van der Waals surface area (Å²) in [6.07, 6.45) is 14.1. The van der Waals surface area contributed by atoms with Crippen molar-refractivity contribution >= 4 is 5.69 Å². The van der Waals surface area contributed by atoms with Crippen molar-refractivity contribution in [2.45, 2.75) is 39.0 Å². The van der Waals surface area contributed by atoms with Crippen LogP contribution in [-0.2, 0) is 4.74 Å². The van der Waals surface area contributed by atoms with Crippen LogP contribution in [0.1, 0.15) is 39.0 Å². The first-order valence-electron chi connectivity index (χ1n) is 9.98. The molecule has 4 nitrogen and oxygen atoms in total. The Hall–Kier alpha value is -2.20. The molecule has 0 atom stereocenters. The minimum Gasteiger partial charge on any atom is -0.495 e. The third kappa shape index (κ3) is 11.9. The summed E-state index contributed by atoms with van der Waals surface area (Å²) in [6, 6.07) is 8.02. The van der Waals surface area contributed by atoms with Crippen molar-refractivity contribution in [3.8, 4) is 5.75 Å². The third-order valence-corrected chi connectivity index (χ3v) is 4.01. The number of nitrogens with one attached hydrogen (secondary N) is 2. The van der Waals surface area contributed by atoms with Gasteiger partial charge in [0.2, 0.25) is 0 Å². The fourth-order valence-corrected chi connectivity index (χ4v) is 2.48. The number of allylic oxidation sites excluding steroid dienone is 4. The Labute approximate surface area is 165 Å². The zero-order valence-electron chi connectivity index (χ0n) is 17.0. The quantitative estimate of drug-likeness (QED) is 0.664. The molecule has 0 fully saturated rings. The molecule has 0 unspecified atom stereocenters. The second-order valence-corrected chi connectivity index (χ2v) is 6.33. The molecule has 2 rings (SSSR count). The lowest BCUT2D eigenvalue weighted by Gasteiger charge is -2.10. The van der Waals surface area contributed by atoms with E-state index >= 15 is 0 Å². The molecule has 0 radical (unpaired) electrons. The van der Waals surface area contributed by atoms with Crippen molar-refractivity contribution in [3.63, 3.8) is 0 Å². The fraction of sp³-hybridized carbons (Fsp3) is 0.478. The number of rotatable bonds is 6. The van der Waals surface area contributed by atoms with E-state index in [0.29, 0.717) is 0 Å². The number of ether oxygens (including phenoxy) is 2. The van der Waals surface area contributed by atoms with E-state index in [-0.39, 0.29) is 0 Å². The minimum absolute atomic E-state index is 0.760. The van der Waals surface area contributed by atoms with Gasteiger partial charge in [-0.25, -0.2) is 0 Å². The largest absolute Gasteiger partial charge is 0.495 e. The van der Waals surface area contributed by atoms with Gasteiger partial charge in [0, 0.05) is 25.4 Å². The number of para-hydroxylation sites is 2. The Bertz CT molecular complexity index is 567. The summed E-state index contributed by atoms with van der Waals surface area (Å²) in [6.45, 7) is 9.54. The van der Waals surface area contributed by atoms with Gasteiger partial charge in [0.25, 0.3) is 0 Å². The molecule has 4 heteroatoms. The predicted octanol–water partition coefficient (Wildman–Crippen LogP) is 5.31. The van der Waals surface area contributed by atoms with E-state index in [1.54, 1.807) is 7.11 Å². The summed E-state index contributed by atoms with van der Waals surface area (Å²) in [4.78, 5) is 0. The average Bonchev–Trinajstić information content (AvgIpc) is 2.69. The Morgan fingerprint density at radius 1 is 1.19 bits per heavy atom. The molecule has 0 saturated heterocycles. The Morgan fingerprint density at radius 3 is 2.85 bits per heavy atom. The van der Waals surface area contributed by atoms with Crippen molar-refractivity contribution < 1.29 is 9.47 Å². The van der Waals surface area contributed by atoms with Gasteiger partial charge in [-0.1, -0.05) is 56.7 Å². The Balaban J connectivity index is 0.000000271. The third-order valence-electron chi connectivity index (χ3n) is 4.01. The van der Waals surface area contributed by atoms with Gasteiger partial charge in [-0.3, -0.25) is 0 Å². The number of methoxy groups -OCH3 is 1. The molecule has 0 amide bonds. The van der Waals surface area contributed by atoms with E-state index in [0.717, 1.165) is 56.3 Å². The standard InChI is InChI=1S/C12H19NO.C11H17NO/c1-3-4-7-10-13-11-8-5-6-9-12(11)14-2;1-11-7-5-3-2-4-6-9-13-10-8-12-11/h5-6,8-9,13H,3-4,7,10H2,1-2H3;2-3,5,7,12H,1,4,6,8-10H2/b;3-2-,7-5-. The smallest absolute Gasteiger partial charge is 0.141 e. The van der Waals surface area contributed by atoms with Gasteiger partial charge >= 0.3 is 0 Å². The van der Waals surface area contributed by atoms with Crippen molar-refractivity contribution in [1.82, 2.24) is 5.32 Å². The van der Waals surface area contributed by atoms with Gasteiger partial charge in [0.15, 0.2) is 0 Å². The lowest BCUT2D eigenvalue weighted by molar-refractivity contribution is 0.136. The van der Waals surface area contributed by atoms with Crippen molar-refractivity contribution in [1.29, 1.82) is 0 Å². The number of hydrogen-bond acceptors (Lipinski definition) is 4. The molecule has 1 aromatic rings. The van der Waals surface area contributed by atoms with Gasteiger partial charge in [-0.2, -0.15) is 0 Å². The number of hydrogen-bond donors (Lipinski definition) is 2. The topological polar surface area (TPSA) is 42.5 Å². The lowest BCUT2D eigenvalue weighted by atomic mass is 10.2. The van der Waals surface area contributed by atoms with E-state index in [1.807, 2.05) is 36.4 Å². The Kier molecular flexibility index (Phi) is 13.5. The normalized spacial score (nSPS) is 17.2. The van der Waals surface area contributed by atoms with Crippen LogP contribution >= 0.6 is 0 Å². The van der Waals surface area contributed by atoms with Crippen LogP contribution in [0.4, 0.5) is 5.69 Å². The highest BCUT2D eigenvalue weighted by Crippen LogP contribution is 2.22. The van der Waals surface area contributed by atoms with Crippen molar-refractivity contribution in [2.75, 3.05) is 38.7 Å². The Morgan fingerprint density at radius 2 is 2.04 bits per heavy atom. The van der Waals surface area contributed by atoms with Crippen LogP contribution in [0, 0.1) is 0 Å². The molecule has 150 valence electrons. The minimum atomic E-state index is 0.760. The first kappa shape index (κ1) is 22.8. The molecule has 27 heavy (non-hydrogen) atoms. The van der Waals surface area contributed by atoms with Crippen molar-refractivity contribution in [3.05, 3.63) is 60.8 Å². The second-order valence-electron chi connectivity index (χ2n) is 6.33. The van der Waals surface area contributed by atoms with Crippen LogP contribution in [-0.4, -0.2) is 33.4 Å². The summed E-state index contributed by atoms with van der Waals surface area (Å²) >= 11 is 0. The lowest BCUT2D eigenvalue weighted by Crippen LogP contribution is -2.17. The molecule has 1 aliphatic heterocycles. The summed E-state index contributed by atoms with van der Waals surface area (Å²) in [5.41, 5.74) is 2.03. The second kappa shape index (κ2) is 16.0. The predicted molar refractivity (Wildman–Crippen MR) is 116 cm³/mol. The zero-order chi connectivity index (χ0) is 19.6. The number of unbranched alkanes of at least 4 members (excludes halogenated alkanes) is 2. The maximum absolute atomic E-state index is 5.39. The summed E-state index contributed by atoms with van der Waals surface area (Å²) < 4.78 is 10.6. The molecule has 1 aromatic carbocycles. The van der Waals surface area contributed by atoms with Crippen LogP contribution < -0.4 is 15.4 Å². The van der Waals surface area contributed by atoms with E-state index in [1.165, 1.54) is 19.3 Å².